The van der Waals surface area contributed by atoms with E-state index in [1.54, 1.807) is 12.1 Å². The van der Waals surface area contributed by atoms with Crippen LogP contribution in [0.5, 0.6) is 0 Å². The molecule has 1 aromatic rings. The molecule has 0 heterocycles. The van der Waals surface area contributed by atoms with Crippen LogP contribution in [0.25, 0.3) is 16.0 Å². The normalized spacial score (nSPS) is 5.92. The summed E-state index contributed by atoms with van der Waals surface area (Å²) in [5, 5.41) is 8.29. The van der Waals surface area contributed by atoms with E-state index in [2.05, 4.69) is 0 Å². The molecule has 0 atom stereocenters. The molecule has 12 heavy (non-hydrogen) atoms. The molecule has 0 aliphatic rings. The van der Waals surface area contributed by atoms with Gasteiger partial charge in [-0.05, 0) is 12.1 Å². The van der Waals surface area contributed by atoms with Crippen LogP contribution < -0.4 is 29.6 Å². The van der Waals surface area contributed by atoms with Gasteiger partial charge in [0.2, 0.25) is 0 Å². The molecule has 0 radical (unpaired) electrons. The number of hydrogen-bond donors (Lipinski definition) is 0. The van der Waals surface area contributed by atoms with Crippen LogP contribution in [0.2, 0.25) is 0 Å². The molecule has 0 aliphatic heterocycles. The van der Waals surface area contributed by atoms with Crippen molar-refractivity contribution in [3.63, 3.8) is 0 Å². The Kier molecular flexibility index (Phi) is 11.4. The molecule has 1 rings (SSSR count). The predicted octanol–water partition coefficient (Wildman–Crippen LogP) is -0.572. The van der Waals surface area contributed by atoms with Gasteiger partial charge in [0, 0.05) is 0 Å². The molecule has 0 unspecified atom stereocenters. The molecule has 4 nitrogen and oxygen atoms in total. The molecule has 0 bridgehead atoms. The zero-order valence-corrected chi connectivity index (χ0v) is 8.68. The van der Waals surface area contributed by atoms with E-state index < -0.39 is 0 Å². The minimum atomic E-state index is 0. The van der Waals surface area contributed by atoms with E-state index in [-0.39, 0.29) is 29.6 Å². The molecule has 0 aliphatic carbocycles. The van der Waals surface area contributed by atoms with Crippen LogP contribution in [0.4, 0.5) is 0 Å². The van der Waals surface area contributed by atoms with Gasteiger partial charge in [0.1, 0.15) is 0 Å². The average Bonchev–Trinajstić information content (AvgIpc) is 2.08. The maximum atomic E-state index is 8.29. The number of hydrogen-bond acceptors (Lipinski definition) is 1. The second-order valence-electron chi connectivity index (χ2n) is 1.57. The van der Waals surface area contributed by atoms with Crippen LogP contribution in [-0.2, 0) is 0 Å². The molecule has 0 saturated heterocycles. The maximum Gasteiger partial charge on any atom is 1.00 e. The molecule has 0 fully saturated rings. The third-order valence-electron chi connectivity index (χ3n) is 0.903. The Bertz CT molecular complexity index is 271. The first kappa shape index (κ1) is 13.6. The molecular formula is C7H5N4Na. The van der Waals surface area contributed by atoms with E-state index in [4.69, 9.17) is 16.3 Å². The largest absolute Gasteiger partial charge is 1.00 e. The van der Waals surface area contributed by atoms with Crippen molar-refractivity contribution < 1.29 is 29.6 Å². The van der Waals surface area contributed by atoms with E-state index >= 15 is 0 Å². The Morgan fingerprint density at radius 1 is 1.17 bits per heavy atom. The molecule has 54 valence electrons. The summed E-state index contributed by atoms with van der Waals surface area (Å²) in [5.41, 5.74) is 14.2. The number of nitrogens with zero attached hydrogens (tertiary/aromatic N) is 4. The van der Waals surface area contributed by atoms with Gasteiger partial charge in [-0.2, -0.15) is 5.26 Å². The van der Waals surface area contributed by atoms with Crippen LogP contribution in [0.3, 0.4) is 0 Å². The van der Waals surface area contributed by atoms with Crippen LogP contribution >= 0.6 is 0 Å². The second kappa shape index (κ2) is 10.0. The number of benzene rings is 1. The van der Waals surface area contributed by atoms with Gasteiger partial charge >= 0.3 is 29.6 Å². The van der Waals surface area contributed by atoms with E-state index in [1.807, 2.05) is 24.3 Å². The zero-order valence-electron chi connectivity index (χ0n) is 6.68. The minimum Gasteiger partial charge on any atom is -0.373 e. The minimum absolute atomic E-state index is 0. The Balaban J connectivity index is 0. The van der Waals surface area contributed by atoms with Gasteiger partial charge in [-0.15, -0.1) is 0 Å². The van der Waals surface area contributed by atoms with Crippen molar-refractivity contribution in [3.8, 4) is 6.07 Å². The molecule has 0 spiro atoms. The van der Waals surface area contributed by atoms with Gasteiger partial charge in [0.15, 0.2) is 0 Å². The van der Waals surface area contributed by atoms with E-state index in [9.17, 15) is 0 Å². The van der Waals surface area contributed by atoms with Crippen molar-refractivity contribution in [1.82, 2.24) is 0 Å². The average molecular weight is 168 g/mol. The first-order valence-corrected chi connectivity index (χ1v) is 2.78. The van der Waals surface area contributed by atoms with Gasteiger partial charge in [0.25, 0.3) is 0 Å². The molecule has 5 heteroatoms. The topological polar surface area (TPSA) is 82.5 Å². The zero-order chi connectivity index (χ0) is 8.53. The van der Waals surface area contributed by atoms with Crippen molar-refractivity contribution >= 4 is 0 Å². The maximum absolute atomic E-state index is 8.29. The van der Waals surface area contributed by atoms with Crippen LogP contribution in [-0.4, -0.2) is 0 Å². The summed E-state index contributed by atoms with van der Waals surface area (Å²) in [6.45, 7) is 0. The van der Waals surface area contributed by atoms with Crippen molar-refractivity contribution in [3.05, 3.63) is 51.9 Å². The Morgan fingerprint density at radius 3 is 1.83 bits per heavy atom. The molecule has 0 aromatic heterocycles. The van der Waals surface area contributed by atoms with Crippen LogP contribution in [0.1, 0.15) is 5.56 Å². The fourth-order valence-corrected chi connectivity index (χ4v) is 0.513. The molecular weight excluding hydrogens is 163 g/mol. The van der Waals surface area contributed by atoms with Gasteiger partial charge in [-0.1, -0.05) is 18.2 Å². The Morgan fingerprint density at radius 2 is 1.58 bits per heavy atom. The monoisotopic (exact) mass is 168 g/mol. The van der Waals surface area contributed by atoms with Gasteiger partial charge in [0.05, 0.1) is 11.6 Å². The SMILES string of the molecule is N#Cc1ccccc1.[N-]=[N+]=[N-].[Na+]. The standard InChI is InChI=1S/C7H5N.N3.Na/c8-6-7-4-2-1-3-5-7;1-3-2;/h1-5H;;/q;-1;+1. The fourth-order valence-electron chi connectivity index (χ4n) is 0.513. The third kappa shape index (κ3) is 7.13. The fraction of sp³-hybridized carbons (Fsp3) is 0. The van der Waals surface area contributed by atoms with E-state index in [0.717, 1.165) is 0 Å². The van der Waals surface area contributed by atoms with E-state index in [0.29, 0.717) is 5.56 Å². The van der Waals surface area contributed by atoms with Crippen molar-refractivity contribution in [2.24, 2.45) is 0 Å². The van der Waals surface area contributed by atoms with Crippen molar-refractivity contribution in [2.75, 3.05) is 0 Å². The van der Waals surface area contributed by atoms with E-state index in [1.165, 1.54) is 4.91 Å². The Labute approximate surface area is 92.5 Å². The quantitative estimate of drug-likeness (QED) is 0.221. The summed E-state index contributed by atoms with van der Waals surface area (Å²) in [6, 6.07) is 11.2. The number of nitriles is 1. The predicted molar refractivity (Wildman–Crippen MR) is 41.2 cm³/mol. The molecule has 0 N–H and O–H groups in total. The van der Waals surface area contributed by atoms with Crippen LogP contribution in [0.15, 0.2) is 30.3 Å². The summed E-state index contributed by atoms with van der Waals surface area (Å²) in [5.74, 6) is 0. The Hall–Kier alpha value is -0.980. The van der Waals surface area contributed by atoms with Gasteiger partial charge in [-0.3, -0.25) is 4.91 Å². The molecule has 1 aromatic carbocycles. The van der Waals surface area contributed by atoms with Crippen LogP contribution in [0, 0.1) is 11.3 Å². The third-order valence-corrected chi connectivity index (χ3v) is 0.903. The summed E-state index contributed by atoms with van der Waals surface area (Å²) >= 11 is 0. The van der Waals surface area contributed by atoms with Crippen molar-refractivity contribution in [1.29, 1.82) is 5.26 Å². The van der Waals surface area contributed by atoms with Gasteiger partial charge in [-0.25, -0.2) is 0 Å². The summed E-state index contributed by atoms with van der Waals surface area (Å²) in [7, 11) is 0. The molecule has 0 amide bonds. The first-order valence-electron chi connectivity index (χ1n) is 2.78. The number of rotatable bonds is 0. The second-order valence-corrected chi connectivity index (χ2v) is 1.57. The first-order chi connectivity index (χ1) is 5.35. The van der Waals surface area contributed by atoms with Crippen molar-refractivity contribution in [2.45, 2.75) is 0 Å². The smallest absolute Gasteiger partial charge is 0.373 e. The molecule has 0 saturated carbocycles. The summed E-state index contributed by atoms with van der Waals surface area (Å²) < 4.78 is 0. The van der Waals surface area contributed by atoms with Gasteiger partial charge < -0.3 is 11.1 Å². The summed E-state index contributed by atoms with van der Waals surface area (Å²) in [4.78, 5) is 1.50. The summed E-state index contributed by atoms with van der Waals surface area (Å²) in [6.07, 6.45) is 0.